The highest BCUT2D eigenvalue weighted by molar-refractivity contribution is 7.89. The third-order valence-electron chi connectivity index (χ3n) is 5.62. The lowest BCUT2D eigenvalue weighted by Gasteiger charge is -2.34. The van der Waals surface area contributed by atoms with Crippen LogP contribution in [0.4, 0.5) is 0 Å². The third-order valence-corrected chi connectivity index (χ3v) is 9.46. The Hall–Kier alpha value is -1.52. The predicted octanol–water partition coefficient (Wildman–Crippen LogP) is 2.04. The van der Waals surface area contributed by atoms with Gasteiger partial charge in [0.25, 0.3) is 0 Å². The summed E-state index contributed by atoms with van der Waals surface area (Å²) in [4.78, 5) is 0.239. The molecule has 4 rings (SSSR count). The van der Waals surface area contributed by atoms with Crippen LogP contribution in [0.1, 0.15) is 19.3 Å². The number of rotatable bonds is 5. The van der Waals surface area contributed by atoms with E-state index in [9.17, 15) is 16.8 Å². The Balaban J connectivity index is 1.43. The van der Waals surface area contributed by atoms with E-state index in [1.165, 1.54) is 8.61 Å². The van der Waals surface area contributed by atoms with Crippen LogP contribution >= 0.6 is 0 Å². The van der Waals surface area contributed by atoms with E-state index in [0.717, 1.165) is 30.0 Å². The monoisotopic (exact) mass is 438 g/mol. The number of piperazine rings is 1. The first kappa shape index (κ1) is 20.7. The molecule has 1 unspecified atom stereocenters. The summed E-state index contributed by atoms with van der Waals surface area (Å²) in [6, 6.07) is 12.7. The molecule has 7 nitrogen and oxygen atoms in total. The average molecular weight is 439 g/mol. The van der Waals surface area contributed by atoms with Gasteiger partial charge in [0.2, 0.25) is 20.0 Å². The Morgan fingerprint density at radius 3 is 2.24 bits per heavy atom. The zero-order valence-corrected chi connectivity index (χ0v) is 17.9. The van der Waals surface area contributed by atoms with Crippen molar-refractivity contribution in [1.82, 2.24) is 8.61 Å². The molecule has 0 bridgehead atoms. The van der Waals surface area contributed by atoms with Crippen molar-refractivity contribution in [3.8, 4) is 0 Å². The molecule has 2 heterocycles. The van der Waals surface area contributed by atoms with Gasteiger partial charge in [0.1, 0.15) is 0 Å². The van der Waals surface area contributed by atoms with E-state index < -0.39 is 20.0 Å². The van der Waals surface area contributed by atoms with Gasteiger partial charge in [-0.05, 0) is 42.2 Å². The highest BCUT2D eigenvalue weighted by Crippen LogP contribution is 2.24. The number of fused-ring (bicyclic) bond motifs is 1. The lowest BCUT2D eigenvalue weighted by Crippen LogP contribution is -2.51. The minimum Gasteiger partial charge on any atom is -0.377 e. The number of ether oxygens (including phenoxy) is 1. The number of nitrogens with zero attached hydrogens (tertiary/aromatic N) is 2. The summed E-state index contributed by atoms with van der Waals surface area (Å²) in [5.41, 5.74) is 0. The topological polar surface area (TPSA) is 84.0 Å². The van der Waals surface area contributed by atoms with E-state index in [1.807, 2.05) is 24.3 Å². The van der Waals surface area contributed by atoms with Crippen molar-refractivity contribution >= 4 is 30.8 Å². The molecular formula is C20H26N2O5S2. The van der Waals surface area contributed by atoms with Crippen LogP contribution < -0.4 is 0 Å². The van der Waals surface area contributed by atoms with Gasteiger partial charge in [-0.25, -0.2) is 16.8 Å². The second-order valence-corrected chi connectivity index (χ2v) is 11.5. The molecule has 2 aliphatic heterocycles. The van der Waals surface area contributed by atoms with Gasteiger partial charge in [-0.2, -0.15) is 8.61 Å². The molecule has 0 spiro atoms. The summed E-state index contributed by atoms with van der Waals surface area (Å²) in [7, 11) is -7.12. The maximum atomic E-state index is 13.0. The molecular weight excluding hydrogens is 412 g/mol. The third kappa shape index (κ3) is 4.49. The average Bonchev–Trinajstić information content (AvgIpc) is 2.74. The summed E-state index contributed by atoms with van der Waals surface area (Å²) < 4.78 is 59.8. The largest absolute Gasteiger partial charge is 0.377 e. The minimum atomic E-state index is -3.66. The summed E-state index contributed by atoms with van der Waals surface area (Å²) >= 11 is 0. The summed E-state index contributed by atoms with van der Waals surface area (Å²) in [5.74, 6) is -0.0234. The molecule has 9 heteroatoms. The molecule has 0 aromatic heterocycles. The number of hydrogen-bond donors (Lipinski definition) is 0. The van der Waals surface area contributed by atoms with Crippen molar-refractivity contribution in [2.24, 2.45) is 0 Å². The summed E-state index contributed by atoms with van der Waals surface area (Å²) in [5, 5.41) is 1.84. The standard InChI is InChI=1S/C20H26N2O5S2/c23-28(24,16-19-7-3-4-14-27-19)21-10-12-22(13-11-21)29(25,26)20-9-8-17-5-1-2-6-18(17)15-20/h1-2,5-6,8-9,15,19H,3-4,7,10-14,16H2. The predicted molar refractivity (Wildman–Crippen MR) is 112 cm³/mol. The molecule has 0 saturated carbocycles. The van der Waals surface area contributed by atoms with Gasteiger partial charge in [0, 0.05) is 32.8 Å². The molecule has 0 amide bonds. The fraction of sp³-hybridized carbons (Fsp3) is 0.500. The lowest BCUT2D eigenvalue weighted by molar-refractivity contribution is 0.0297. The molecule has 29 heavy (non-hydrogen) atoms. The van der Waals surface area contributed by atoms with Crippen LogP contribution in [0.15, 0.2) is 47.4 Å². The van der Waals surface area contributed by atoms with Crippen LogP contribution in [0.5, 0.6) is 0 Å². The van der Waals surface area contributed by atoms with E-state index >= 15 is 0 Å². The number of benzene rings is 2. The first-order valence-corrected chi connectivity index (χ1v) is 13.0. The van der Waals surface area contributed by atoms with Crippen LogP contribution in [-0.2, 0) is 24.8 Å². The Bertz CT molecular complexity index is 1070. The van der Waals surface area contributed by atoms with Crippen molar-refractivity contribution in [2.45, 2.75) is 30.3 Å². The zero-order chi connectivity index (χ0) is 20.5. The first-order valence-electron chi connectivity index (χ1n) is 9.95. The molecule has 2 aromatic carbocycles. The number of sulfonamides is 2. The van der Waals surface area contributed by atoms with Gasteiger partial charge in [-0.3, -0.25) is 0 Å². The smallest absolute Gasteiger partial charge is 0.243 e. The van der Waals surface area contributed by atoms with Gasteiger partial charge in [0.05, 0.1) is 16.8 Å². The maximum Gasteiger partial charge on any atom is 0.243 e. The molecule has 2 fully saturated rings. The summed E-state index contributed by atoms with van der Waals surface area (Å²) in [6.07, 6.45) is 2.46. The van der Waals surface area contributed by atoms with E-state index in [1.54, 1.807) is 18.2 Å². The van der Waals surface area contributed by atoms with Gasteiger partial charge in [-0.15, -0.1) is 0 Å². The van der Waals surface area contributed by atoms with E-state index in [0.29, 0.717) is 6.61 Å². The second-order valence-electron chi connectivity index (χ2n) is 7.58. The molecule has 0 aliphatic carbocycles. The lowest BCUT2D eigenvalue weighted by atomic mass is 10.1. The molecule has 1 atom stereocenters. The van der Waals surface area contributed by atoms with Crippen LogP contribution in [0.25, 0.3) is 10.8 Å². The highest BCUT2D eigenvalue weighted by Gasteiger charge is 2.34. The molecule has 0 N–H and O–H groups in total. The van der Waals surface area contributed by atoms with Crippen LogP contribution in [0.2, 0.25) is 0 Å². The van der Waals surface area contributed by atoms with Gasteiger partial charge in [-0.1, -0.05) is 30.3 Å². The first-order chi connectivity index (χ1) is 13.9. The maximum absolute atomic E-state index is 13.0. The van der Waals surface area contributed by atoms with Gasteiger partial charge < -0.3 is 4.74 Å². The van der Waals surface area contributed by atoms with E-state index in [2.05, 4.69) is 0 Å². The van der Waals surface area contributed by atoms with Gasteiger partial charge in [0.15, 0.2) is 0 Å². The summed E-state index contributed by atoms with van der Waals surface area (Å²) in [6.45, 7) is 1.25. The Kier molecular flexibility index (Phi) is 5.94. The van der Waals surface area contributed by atoms with Crippen LogP contribution in [0, 0.1) is 0 Å². The molecule has 2 aromatic rings. The normalized spacial score (nSPS) is 22.7. The van der Waals surface area contributed by atoms with Crippen molar-refractivity contribution in [1.29, 1.82) is 0 Å². The number of hydrogen-bond acceptors (Lipinski definition) is 5. The van der Waals surface area contributed by atoms with Crippen molar-refractivity contribution in [3.05, 3.63) is 42.5 Å². The fourth-order valence-electron chi connectivity index (χ4n) is 3.94. The van der Waals surface area contributed by atoms with Crippen molar-refractivity contribution < 1.29 is 21.6 Å². The van der Waals surface area contributed by atoms with Crippen molar-refractivity contribution in [3.63, 3.8) is 0 Å². The molecule has 2 aliphatic rings. The Morgan fingerprint density at radius 2 is 1.55 bits per heavy atom. The van der Waals surface area contributed by atoms with Crippen LogP contribution in [-0.4, -0.2) is 70.1 Å². The quantitative estimate of drug-likeness (QED) is 0.713. The zero-order valence-electron chi connectivity index (χ0n) is 16.2. The Labute approximate surface area is 172 Å². The fourth-order valence-corrected chi connectivity index (χ4v) is 7.07. The van der Waals surface area contributed by atoms with E-state index in [-0.39, 0.29) is 42.9 Å². The highest BCUT2D eigenvalue weighted by atomic mass is 32.2. The minimum absolute atomic E-state index is 0.0234. The van der Waals surface area contributed by atoms with Gasteiger partial charge >= 0.3 is 0 Å². The molecule has 2 saturated heterocycles. The van der Waals surface area contributed by atoms with Crippen LogP contribution in [0.3, 0.4) is 0 Å². The van der Waals surface area contributed by atoms with E-state index in [4.69, 9.17) is 4.74 Å². The Morgan fingerprint density at radius 1 is 0.862 bits per heavy atom. The van der Waals surface area contributed by atoms with Crippen molar-refractivity contribution in [2.75, 3.05) is 38.5 Å². The molecule has 0 radical (unpaired) electrons. The second kappa shape index (κ2) is 8.31. The SMILES string of the molecule is O=S(=O)(CC1CCCCO1)N1CCN(S(=O)(=O)c2ccc3ccccc3c2)CC1. The molecule has 158 valence electrons.